The predicted molar refractivity (Wildman–Crippen MR) is 83.8 cm³/mol. The Morgan fingerprint density at radius 2 is 1.85 bits per heavy atom. The molecule has 0 radical (unpaired) electrons. The summed E-state index contributed by atoms with van der Waals surface area (Å²) >= 11 is 9.32. The number of rotatable bonds is 2. The van der Waals surface area contributed by atoms with Crippen LogP contribution in [0.5, 0.6) is 11.5 Å². The van der Waals surface area contributed by atoms with E-state index in [1.807, 2.05) is 36.4 Å². The monoisotopic (exact) mass is 351 g/mol. The molecule has 0 unspecified atom stereocenters. The molecule has 0 fully saturated rings. The third kappa shape index (κ3) is 2.97. The standard InChI is InChI=1S/C15H11BrClNO2/c16-13-7-12(8-14-15(13)20-6-5-19-14)18-9-10-1-3-11(17)4-2-10/h1-4,7-9H,5-6H2. The number of hydrogen-bond donors (Lipinski definition) is 0. The first-order chi connectivity index (χ1) is 9.72. The minimum absolute atomic E-state index is 0.559. The molecule has 3 nitrogen and oxygen atoms in total. The molecule has 20 heavy (non-hydrogen) atoms. The minimum Gasteiger partial charge on any atom is -0.486 e. The van der Waals surface area contributed by atoms with Crippen LogP contribution in [-0.2, 0) is 0 Å². The second kappa shape index (κ2) is 5.85. The van der Waals surface area contributed by atoms with Crippen molar-refractivity contribution in [2.75, 3.05) is 13.2 Å². The first-order valence-electron chi connectivity index (χ1n) is 6.11. The van der Waals surface area contributed by atoms with Crippen LogP contribution in [0.25, 0.3) is 0 Å². The zero-order chi connectivity index (χ0) is 13.9. The summed E-state index contributed by atoms with van der Waals surface area (Å²) in [6.07, 6.45) is 1.79. The number of benzene rings is 2. The predicted octanol–water partition coefficient (Wildman–Crippen LogP) is 4.62. The molecular weight excluding hydrogens is 342 g/mol. The summed E-state index contributed by atoms with van der Waals surface area (Å²) in [7, 11) is 0. The molecule has 1 aliphatic rings. The van der Waals surface area contributed by atoms with Crippen molar-refractivity contribution < 1.29 is 9.47 Å². The third-order valence-electron chi connectivity index (χ3n) is 2.81. The Hall–Kier alpha value is -1.52. The Labute approximate surface area is 130 Å². The van der Waals surface area contributed by atoms with E-state index in [-0.39, 0.29) is 0 Å². The summed E-state index contributed by atoms with van der Waals surface area (Å²) in [6.45, 7) is 1.13. The molecule has 0 aliphatic carbocycles. The maximum atomic E-state index is 5.85. The van der Waals surface area contributed by atoms with Crippen molar-refractivity contribution >= 4 is 39.4 Å². The van der Waals surface area contributed by atoms with Crippen molar-refractivity contribution in [3.05, 3.63) is 51.5 Å². The minimum atomic E-state index is 0.559. The molecule has 2 aromatic carbocycles. The van der Waals surface area contributed by atoms with Crippen molar-refractivity contribution in [3.8, 4) is 11.5 Å². The highest BCUT2D eigenvalue weighted by Crippen LogP contribution is 2.40. The fourth-order valence-corrected chi connectivity index (χ4v) is 2.54. The highest BCUT2D eigenvalue weighted by Gasteiger charge is 2.15. The lowest BCUT2D eigenvalue weighted by atomic mass is 10.2. The van der Waals surface area contributed by atoms with Crippen molar-refractivity contribution in [2.24, 2.45) is 4.99 Å². The summed E-state index contributed by atoms with van der Waals surface area (Å²) in [6, 6.07) is 11.3. The number of nitrogens with zero attached hydrogens (tertiary/aromatic N) is 1. The van der Waals surface area contributed by atoms with Crippen LogP contribution < -0.4 is 9.47 Å². The number of fused-ring (bicyclic) bond motifs is 1. The van der Waals surface area contributed by atoms with E-state index in [2.05, 4.69) is 20.9 Å². The first kappa shape index (κ1) is 13.5. The Kier molecular flexibility index (Phi) is 3.94. The maximum absolute atomic E-state index is 5.85. The SMILES string of the molecule is Clc1ccc(C=Nc2cc(Br)c3c(c2)OCCO3)cc1. The van der Waals surface area contributed by atoms with Crippen molar-refractivity contribution in [1.82, 2.24) is 0 Å². The molecule has 0 spiro atoms. The lowest BCUT2D eigenvalue weighted by molar-refractivity contribution is 0.170. The van der Waals surface area contributed by atoms with Crippen LogP contribution in [0, 0.1) is 0 Å². The fourth-order valence-electron chi connectivity index (χ4n) is 1.87. The van der Waals surface area contributed by atoms with Gasteiger partial charge in [-0.2, -0.15) is 0 Å². The average molecular weight is 353 g/mol. The Morgan fingerprint density at radius 3 is 2.65 bits per heavy atom. The molecule has 0 amide bonds. The van der Waals surface area contributed by atoms with E-state index in [0.29, 0.717) is 24.0 Å². The van der Waals surface area contributed by atoms with E-state index in [9.17, 15) is 0 Å². The molecule has 0 bridgehead atoms. The van der Waals surface area contributed by atoms with Crippen LogP contribution in [0.15, 0.2) is 45.9 Å². The van der Waals surface area contributed by atoms with E-state index >= 15 is 0 Å². The van der Waals surface area contributed by atoms with Gasteiger partial charge in [-0.3, -0.25) is 4.99 Å². The van der Waals surface area contributed by atoms with Gasteiger partial charge in [0.25, 0.3) is 0 Å². The molecule has 5 heteroatoms. The number of halogens is 2. The smallest absolute Gasteiger partial charge is 0.175 e. The highest BCUT2D eigenvalue weighted by atomic mass is 79.9. The number of hydrogen-bond acceptors (Lipinski definition) is 3. The Morgan fingerprint density at radius 1 is 1.10 bits per heavy atom. The average Bonchev–Trinajstić information content (AvgIpc) is 2.47. The lowest BCUT2D eigenvalue weighted by Crippen LogP contribution is -2.15. The van der Waals surface area contributed by atoms with Gasteiger partial charge in [0.2, 0.25) is 0 Å². The number of aliphatic imine (C=N–C) groups is 1. The normalized spacial score (nSPS) is 13.7. The summed E-state index contributed by atoms with van der Waals surface area (Å²) in [4.78, 5) is 4.44. The van der Waals surface area contributed by atoms with Gasteiger partial charge in [-0.05, 0) is 39.7 Å². The van der Waals surface area contributed by atoms with Gasteiger partial charge in [-0.15, -0.1) is 0 Å². The Bertz CT molecular complexity index is 656. The third-order valence-corrected chi connectivity index (χ3v) is 3.66. The molecule has 0 N–H and O–H groups in total. The molecule has 0 aromatic heterocycles. The van der Waals surface area contributed by atoms with Crippen molar-refractivity contribution in [3.63, 3.8) is 0 Å². The van der Waals surface area contributed by atoms with Gasteiger partial charge in [0.15, 0.2) is 11.5 Å². The van der Waals surface area contributed by atoms with Gasteiger partial charge in [0.05, 0.1) is 10.2 Å². The molecule has 0 atom stereocenters. The van der Waals surface area contributed by atoms with Crippen LogP contribution in [0.1, 0.15) is 5.56 Å². The van der Waals surface area contributed by atoms with Crippen LogP contribution in [-0.4, -0.2) is 19.4 Å². The summed E-state index contributed by atoms with van der Waals surface area (Å²) in [5.41, 5.74) is 1.79. The highest BCUT2D eigenvalue weighted by molar-refractivity contribution is 9.10. The van der Waals surface area contributed by atoms with Gasteiger partial charge in [0, 0.05) is 17.3 Å². The van der Waals surface area contributed by atoms with E-state index < -0.39 is 0 Å². The van der Waals surface area contributed by atoms with E-state index in [4.69, 9.17) is 21.1 Å². The van der Waals surface area contributed by atoms with E-state index in [0.717, 1.165) is 21.5 Å². The number of ether oxygens (including phenoxy) is 2. The van der Waals surface area contributed by atoms with Gasteiger partial charge >= 0.3 is 0 Å². The quantitative estimate of drug-likeness (QED) is 0.738. The summed E-state index contributed by atoms with van der Waals surface area (Å²) in [5, 5.41) is 0.712. The molecule has 3 rings (SSSR count). The molecule has 0 saturated heterocycles. The van der Waals surface area contributed by atoms with Crippen LogP contribution in [0.4, 0.5) is 5.69 Å². The lowest BCUT2D eigenvalue weighted by Gasteiger charge is -2.19. The Balaban J connectivity index is 1.87. The van der Waals surface area contributed by atoms with E-state index in [1.54, 1.807) is 6.21 Å². The second-order valence-electron chi connectivity index (χ2n) is 4.26. The molecule has 1 heterocycles. The fraction of sp³-hybridized carbons (Fsp3) is 0.133. The molecule has 1 aliphatic heterocycles. The first-order valence-corrected chi connectivity index (χ1v) is 7.28. The molecule has 2 aromatic rings. The molecular formula is C15H11BrClNO2. The van der Waals surface area contributed by atoms with Crippen LogP contribution in [0.3, 0.4) is 0 Å². The maximum Gasteiger partial charge on any atom is 0.175 e. The van der Waals surface area contributed by atoms with Crippen molar-refractivity contribution in [2.45, 2.75) is 0 Å². The topological polar surface area (TPSA) is 30.8 Å². The largest absolute Gasteiger partial charge is 0.486 e. The van der Waals surface area contributed by atoms with Crippen LogP contribution >= 0.6 is 27.5 Å². The molecule has 0 saturated carbocycles. The zero-order valence-corrected chi connectivity index (χ0v) is 12.8. The van der Waals surface area contributed by atoms with Crippen molar-refractivity contribution in [1.29, 1.82) is 0 Å². The summed E-state index contributed by atoms with van der Waals surface area (Å²) < 4.78 is 12.0. The second-order valence-corrected chi connectivity index (χ2v) is 5.55. The van der Waals surface area contributed by atoms with Gasteiger partial charge < -0.3 is 9.47 Å². The van der Waals surface area contributed by atoms with Gasteiger partial charge in [-0.1, -0.05) is 23.7 Å². The zero-order valence-electron chi connectivity index (χ0n) is 10.5. The van der Waals surface area contributed by atoms with Gasteiger partial charge in [-0.25, -0.2) is 0 Å². The van der Waals surface area contributed by atoms with Crippen LogP contribution in [0.2, 0.25) is 5.02 Å². The molecule has 102 valence electrons. The summed E-state index contributed by atoms with van der Waals surface area (Å²) in [5.74, 6) is 1.45. The van der Waals surface area contributed by atoms with Gasteiger partial charge in [0.1, 0.15) is 13.2 Å². The van der Waals surface area contributed by atoms with E-state index in [1.165, 1.54) is 0 Å².